The Morgan fingerprint density at radius 1 is 1.53 bits per heavy atom. The number of aliphatic carboxylic acids is 1. The molecule has 0 aliphatic heterocycles. The standard InChI is InChI=1S/C7H15N3O5/c1-3(11)5(10-9)7(14)15-2-4(8)6(12)13/h3-4,10-11,14H,2,8-9H2,1H3,(H,12,13). The summed E-state index contributed by atoms with van der Waals surface area (Å²) in [5, 5.41) is 26.7. The van der Waals surface area contributed by atoms with E-state index in [-0.39, 0.29) is 5.70 Å². The second kappa shape index (κ2) is 6.06. The lowest BCUT2D eigenvalue weighted by Crippen LogP contribution is -2.36. The number of nitrogens with two attached hydrogens (primary N) is 2. The molecule has 2 atom stereocenters. The van der Waals surface area contributed by atoms with Crippen molar-refractivity contribution >= 4 is 5.97 Å². The average Bonchev–Trinajstić information content (AvgIpc) is 2.14. The van der Waals surface area contributed by atoms with Crippen LogP contribution in [0.25, 0.3) is 0 Å². The molecule has 0 bridgehead atoms. The Balaban J connectivity index is 4.33. The number of carbonyl (C=O) groups is 1. The fourth-order valence-electron chi connectivity index (χ4n) is 0.679. The summed E-state index contributed by atoms with van der Waals surface area (Å²) in [5.41, 5.74) is 6.97. The van der Waals surface area contributed by atoms with Crippen LogP contribution in [0.1, 0.15) is 6.92 Å². The van der Waals surface area contributed by atoms with Crippen molar-refractivity contribution in [3.63, 3.8) is 0 Å². The molecule has 0 amide bonds. The molecule has 0 saturated carbocycles. The van der Waals surface area contributed by atoms with Crippen molar-refractivity contribution < 1.29 is 24.9 Å². The molecular weight excluding hydrogens is 206 g/mol. The maximum absolute atomic E-state index is 10.3. The molecule has 0 rings (SSSR count). The summed E-state index contributed by atoms with van der Waals surface area (Å²) >= 11 is 0. The van der Waals surface area contributed by atoms with Crippen LogP contribution in [0.5, 0.6) is 0 Å². The van der Waals surface area contributed by atoms with E-state index in [0.29, 0.717) is 0 Å². The Morgan fingerprint density at radius 3 is 2.40 bits per heavy atom. The van der Waals surface area contributed by atoms with Crippen molar-refractivity contribution in [2.75, 3.05) is 6.61 Å². The molecule has 8 N–H and O–H groups in total. The van der Waals surface area contributed by atoms with Gasteiger partial charge in [0, 0.05) is 0 Å². The van der Waals surface area contributed by atoms with Gasteiger partial charge in [0.05, 0.1) is 6.10 Å². The van der Waals surface area contributed by atoms with Gasteiger partial charge in [-0.05, 0) is 6.92 Å². The minimum absolute atomic E-state index is 0.160. The van der Waals surface area contributed by atoms with Gasteiger partial charge >= 0.3 is 11.9 Å². The zero-order valence-electron chi connectivity index (χ0n) is 8.17. The van der Waals surface area contributed by atoms with Crippen molar-refractivity contribution in [1.29, 1.82) is 0 Å². The summed E-state index contributed by atoms with van der Waals surface area (Å²) in [6, 6.07) is -1.26. The molecule has 8 heteroatoms. The highest BCUT2D eigenvalue weighted by Gasteiger charge is 2.16. The first-order chi connectivity index (χ1) is 6.90. The topological polar surface area (TPSA) is 151 Å². The molecule has 0 heterocycles. The molecule has 2 unspecified atom stereocenters. The fraction of sp³-hybridized carbons (Fsp3) is 0.571. The summed E-state index contributed by atoms with van der Waals surface area (Å²) < 4.78 is 4.61. The van der Waals surface area contributed by atoms with Crippen molar-refractivity contribution in [1.82, 2.24) is 5.43 Å². The van der Waals surface area contributed by atoms with E-state index in [4.69, 9.17) is 21.8 Å². The van der Waals surface area contributed by atoms with Gasteiger partial charge in [-0.2, -0.15) is 0 Å². The predicted molar refractivity (Wildman–Crippen MR) is 50.2 cm³/mol. The van der Waals surface area contributed by atoms with Crippen molar-refractivity contribution in [3.05, 3.63) is 11.6 Å². The molecule has 0 fully saturated rings. The van der Waals surface area contributed by atoms with Gasteiger partial charge in [0.15, 0.2) is 0 Å². The SMILES string of the molecule is CC(O)C(NN)=C(O)OCC(N)C(=O)O. The van der Waals surface area contributed by atoms with E-state index in [2.05, 4.69) is 4.74 Å². The first-order valence-corrected chi connectivity index (χ1v) is 4.09. The Hall–Kier alpha value is -1.51. The molecule has 0 aliphatic carbocycles. The van der Waals surface area contributed by atoms with Gasteiger partial charge in [-0.15, -0.1) is 0 Å². The number of nitrogens with one attached hydrogen (secondary N) is 1. The van der Waals surface area contributed by atoms with Crippen molar-refractivity contribution in [2.45, 2.75) is 19.1 Å². The van der Waals surface area contributed by atoms with Gasteiger partial charge in [0.2, 0.25) is 0 Å². The molecule has 0 aromatic carbocycles. The molecule has 0 radical (unpaired) electrons. The van der Waals surface area contributed by atoms with Crippen LogP contribution in [0.3, 0.4) is 0 Å². The molecule has 0 saturated heterocycles. The van der Waals surface area contributed by atoms with Gasteiger partial charge in [0.1, 0.15) is 18.3 Å². The summed E-state index contributed by atoms with van der Waals surface area (Å²) in [6.07, 6.45) is -1.07. The fourth-order valence-corrected chi connectivity index (χ4v) is 0.679. The van der Waals surface area contributed by atoms with Crippen LogP contribution in [0.4, 0.5) is 0 Å². The van der Waals surface area contributed by atoms with Crippen LogP contribution >= 0.6 is 0 Å². The first kappa shape index (κ1) is 13.5. The number of aliphatic hydroxyl groups excluding tert-OH is 2. The monoisotopic (exact) mass is 221 g/mol. The summed E-state index contributed by atoms with van der Waals surface area (Å²) in [5.74, 6) is 3.03. The van der Waals surface area contributed by atoms with Crippen LogP contribution in [-0.2, 0) is 9.53 Å². The van der Waals surface area contributed by atoms with E-state index in [1.807, 2.05) is 5.43 Å². The molecule has 0 aromatic heterocycles. The molecular formula is C7H15N3O5. The Labute approximate surface area is 86.1 Å². The number of rotatable bonds is 6. The number of hydrogen-bond acceptors (Lipinski definition) is 7. The van der Waals surface area contributed by atoms with E-state index in [1.165, 1.54) is 6.92 Å². The number of hydrogen-bond donors (Lipinski definition) is 6. The summed E-state index contributed by atoms with van der Waals surface area (Å²) in [6.45, 7) is 0.908. The quantitative estimate of drug-likeness (QED) is 0.171. The lowest BCUT2D eigenvalue weighted by Gasteiger charge is -2.14. The van der Waals surface area contributed by atoms with Crippen LogP contribution in [-0.4, -0.2) is 40.0 Å². The zero-order chi connectivity index (χ0) is 12.0. The van der Waals surface area contributed by atoms with E-state index < -0.39 is 30.7 Å². The maximum atomic E-state index is 10.3. The third-order valence-electron chi connectivity index (χ3n) is 1.52. The Kier molecular flexibility index (Phi) is 5.45. The predicted octanol–water partition coefficient (Wildman–Crippen LogP) is -2.01. The van der Waals surface area contributed by atoms with E-state index >= 15 is 0 Å². The minimum atomic E-state index is -1.26. The molecule has 0 spiro atoms. The lowest BCUT2D eigenvalue weighted by atomic mass is 10.3. The smallest absolute Gasteiger partial charge is 0.324 e. The Morgan fingerprint density at radius 2 is 2.07 bits per heavy atom. The maximum Gasteiger partial charge on any atom is 0.324 e. The largest absolute Gasteiger partial charge is 0.480 e. The summed E-state index contributed by atoms with van der Waals surface area (Å²) in [4.78, 5) is 10.3. The molecule has 0 aromatic rings. The van der Waals surface area contributed by atoms with E-state index in [9.17, 15) is 9.90 Å². The van der Waals surface area contributed by atoms with Crippen LogP contribution in [0.15, 0.2) is 11.6 Å². The highest BCUT2D eigenvalue weighted by molar-refractivity contribution is 5.73. The number of carboxylic acids is 1. The second-order valence-corrected chi connectivity index (χ2v) is 2.79. The van der Waals surface area contributed by atoms with Gasteiger partial charge in [0.25, 0.3) is 0 Å². The van der Waals surface area contributed by atoms with Gasteiger partial charge in [-0.25, -0.2) is 0 Å². The molecule has 15 heavy (non-hydrogen) atoms. The first-order valence-electron chi connectivity index (χ1n) is 4.09. The average molecular weight is 221 g/mol. The van der Waals surface area contributed by atoms with Crippen molar-refractivity contribution in [3.8, 4) is 0 Å². The van der Waals surface area contributed by atoms with Gasteiger partial charge in [-0.1, -0.05) is 0 Å². The lowest BCUT2D eigenvalue weighted by molar-refractivity contribution is -0.139. The number of ether oxygens (including phenoxy) is 1. The number of aliphatic hydroxyl groups is 2. The number of carboxylic acid groups (broad SMARTS) is 1. The minimum Gasteiger partial charge on any atom is -0.480 e. The third kappa shape index (κ3) is 4.49. The Bertz CT molecular complexity index is 253. The summed E-state index contributed by atoms with van der Waals surface area (Å²) in [7, 11) is 0. The van der Waals surface area contributed by atoms with Gasteiger partial charge < -0.3 is 31.2 Å². The van der Waals surface area contributed by atoms with E-state index in [0.717, 1.165) is 0 Å². The van der Waals surface area contributed by atoms with Crippen molar-refractivity contribution in [2.24, 2.45) is 11.6 Å². The van der Waals surface area contributed by atoms with Crippen LogP contribution < -0.4 is 17.0 Å². The van der Waals surface area contributed by atoms with Gasteiger partial charge in [-0.3, -0.25) is 10.6 Å². The normalized spacial score (nSPS) is 16.3. The van der Waals surface area contributed by atoms with Crippen LogP contribution in [0, 0.1) is 0 Å². The molecule has 8 nitrogen and oxygen atoms in total. The number of hydrazine groups is 1. The molecule has 88 valence electrons. The van der Waals surface area contributed by atoms with Crippen LogP contribution in [0.2, 0.25) is 0 Å². The highest BCUT2D eigenvalue weighted by atomic mass is 16.6. The zero-order valence-corrected chi connectivity index (χ0v) is 8.17. The van der Waals surface area contributed by atoms with E-state index in [1.54, 1.807) is 0 Å². The highest BCUT2D eigenvalue weighted by Crippen LogP contribution is 2.04. The molecule has 0 aliphatic rings. The second-order valence-electron chi connectivity index (χ2n) is 2.79. The third-order valence-corrected chi connectivity index (χ3v) is 1.52.